The summed E-state index contributed by atoms with van der Waals surface area (Å²) in [5.74, 6) is -1.56. The van der Waals surface area contributed by atoms with Crippen molar-refractivity contribution in [2.24, 2.45) is 0 Å². The topological polar surface area (TPSA) is 86.7 Å². The van der Waals surface area contributed by atoms with Crippen LogP contribution in [0.1, 0.15) is 31.4 Å². The van der Waals surface area contributed by atoms with Crippen LogP contribution in [0.15, 0.2) is 18.2 Å². The molecule has 0 saturated carbocycles. The maximum atomic E-state index is 13.7. The zero-order chi connectivity index (χ0) is 18.6. The number of hydrogen-bond donors (Lipinski definition) is 2. The number of nitrogens with zero attached hydrogens (tertiary/aromatic N) is 1. The molecule has 9 heteroatoms. The lowest BCUT2D eigenvalue weighted by molar-refractivity contribution is -0.140. The van der Waals surface area contributed by atoms with Crippen LogP contribution in [0, 0.1) is 5.82 Å². The molecule has 0 aliphatic carbocycles. The maximum Gasteiger partial charge on any atom is 0.305 e. The van der Waals surface area contributed by atoms with Crippen molar-refractivity contribution in [2.45, 2.75) is 31.8 Å². The number of carbonyl (C=O) groups is 3. The molecule has 1 saturated heterocycles. The van der Waals surface area contributed by atoms with Crippen LogP contribution in [0.2, 0.25) is 5.02 Å². The highest BCUT2D eigenvalue weighted by Crippen LogP contribution is 2.25. The van der Waals surface area contributed by atoms with Gasteiger partial charge in [-0.25, -0.2) is 4.39 Å². The number of carbonyl (C=O) groups excluding carboxylic acids is 2. The highest BCUT2D eigenvalue weighted by atomic mass is 35.5. The number of hydrogen-bond acceptors (Lipinski definition) is 4. The number of carboxylic acids is 1. The summed E-state index contributed by atoms with van der Waals surface area (Å²) in [6, 6.07) is 2.31. The summed E-state index contributed by atoms with van der Waals surface area (Å²) in [6.45, 7) is 1.71. The molecular weight excluding hydrogens is 371 g/mol. The van der Waals surface area contributed by atoms with Crippen LogP contribution in [-0.2, 0) is 14.4 Å². The van der Waals surface area contributed by atoms with Gasteiger partial charge in [-0.3, -0.25) is 14.4 Å². The van der Waals surface area contributed by atoms with Gasteiger partial charge in [0.05, 0.1) is 23.4 Å². The van der Waals surface area contributed by atoms with Crippen molar-refractivity contribution in [1.82, 2.24) is 10.2 Å². The summed E-state index contributed by atoms with van der Waals surface area (Å²) in [4.78, 5) is 37.1. The van der Waals surface area contributed by atoms with Crippen molar-refractivity contribution in [3.8, 4) is 0 Å². The first-order valence-electron chi connectivity index (χ1n) is 7.67. The Morgan fingerprint density at radius 1 is 1.48 bits per heavy atom. The average molecular weight is 389 g/mol. The number of halogens is 2. The van der Waals surface area contributed by atoms with E-state index in [4.69, 9.17) is 16.7 Å². The molecule has 0 bridgehead atoms. The highest BCUT2D eigenvalue weighted by Gasteiger charge is 2.35. The standard InChI is InChI=1S/C16H18ClFN2O4S/c1-2-14(21)20-8-25-7-13(20)16(24)19-12(6-15(22)23)9-3-4-10(17)11(18)5-9/h3-5,12-13H,2,6-8H2,1H3,(H,19,24)(H,22,23). The molecular formula is C16H18ClFN2O4S. The van der Waals surface area contributed by atoms with Crippen LogP contribution in [-0.4, -0.2) is 45.5 Å². The van der Waals surface area contributed by atoms with Gasteiger partial charge in [0, 0.05) is 12.2 Å². The van der Waals surface area contributed by atoms with Gasteiger partial charge in [-0.15, -0.1) is 11.8 Å². The van der Waals surface area contributed by atoms with Crippen molar-refractivity contribution in [1.29, 1.82) is 0 Å². The van der Waals surface area contributed by atoms with E-state index in [9.17, 15) is 18.8 Å². The molecule has 2 rings (SSSR count). The van der Waals surface area contributed by atoms with Crippen molar-refractivity contribution >= 4 is 41.1 Å². The number of thioether (sulfide) groups is 1. The third kappa shape index (κ3) is 4.85. The van der Waals surface area contributed by atoms with Gasteiger partial charge in [-0.1, -0.05) is 24.6 Å². The number of amides is 2. The quantitative estimate of drug-likeness (QED) is 0.781. The van der Waals surface area contributed by atoms with Crippen LogP contribution >= 0.6 is 23.4 Å². The number of aliphatic carboxylic acids is 1. The molecule has 1 aromatic carbocycles. The number of rotatable bonds is 6. The molecule has 2 N–H and O–H groups in total. The van der Waals surface area contributed by atoms with E-state index < -0.39 is 36.2 Å². The minimum absolute atomic E-state index is 0.0870. The largest absolute Gasteiger partial charge is 0.481 e. The molecule has 6 nitrogen and oxygen atoms in total. The van der Waals surface area contributed by atoms with E-state index in [1.165, 1.54) is 28.8 Å². The molecule has 0 aromatic heterocycles. The minimum atomic E-state index is -1.14. The van der Waals surface area contributed by atoms with Gasteiger partial charge in [-0.2, -0.15) is 0 Å². The van der Waals surface area contributed by atoms with E-state index in [2.05, 4.69) is 5.32 Å². The third-order valence-electron chi connectivity index (χ3n) is 3.85. The summed E-state index contributed by atoms with van der Waals surface area (Å²) in [5, 5.41) is 11.6. The van der Waals surface area contributed by atoms with Crippen LogP contribution < -0.4 is 5.32 Å². The van der Waals surface area contributed by atoms with Crippen molar-refractivity contribution in [3.05, 3.63) is 34.6 Å². The van der Waals surface area contributed by atoms with Gasteiger partial charge in [-0.05, 0) is 17.7 Å². The van der Waals surface area contributed by atoms with Crippen molar-refractivity contribution in [2.75, 3.05) is 11.6 Å². The predicted octanol–water partition coefficient (Wildman–Crippen LogP) is 2.42. The fourth-order valence-electron chi connectivity index (χ4n) is 2.53. The molecule has 2 unspecified atom stereocenters. The maximum absolute atomic E-state index is 13.7. The molecule has 0 spiro atoms. The van der Waals surface area contributed by atoms with Crippen molar-refractivity contribution in [3.63, 3.8) is 0 Å². The van der Waals surface area contributed by atoms with Crippen LogP contribution in [0.25, 0.3) is 0 Å². The Kier molecular flexibility index (Phi) is 6.66. The van der Waals surface area contributed by atoms with E-state index in [-0.39, 0.29) is 17.4 Å². The third-order valence-corrected chi connectivity index (χ3v) is 5.17. The summed E-state index contributed by atoms with van der Waals surface area (Å²) >= 11 is 7.10. The molecule has 136 valence electrons. The summed E-state index contributed by atoms with van der Waals surface area (Å²) in [5.41, 5.74) is 0.302. The Hall–Kier alpha value is -1.80. The van der Waals surface area contributed by atoms with E-state index in [0.29, 0.717) is 17.2 Å². The number of benzene rings is 1. The molecule has 1 aromatic rings. The van der Waals surface area contributed by atoms with Crippen molar-refractivity contribution < 1.29 is 23.9 Å². The molecule has 0 radical (unpaired) electrons. The Labute approximate surface area is 153 Å². The minimum Gasteiger partial charge on any atom is -0.481 e. The second-order valence-corrected chi connectivity index (χ2v) is 6.97. The van der Waals surface area contributed by atoms with E-state index in [1.54, 1.807) is 6.92 Å². The molecule has 2 atom stereocenters. The normalized spacial score (nSPS) is 18.0. The first-order chi connectivity index (χ1) is 11.8. The fraction of sp³-hybridized carbons (Fsp3) is 0.438. The van der Waals surface area contributed by atoms with Gasteiger partial charge in [0.1, 0.15) is 11.9 Å². The second kappa shape index (κ2) is 8.53. The second-order valence-electron chi connectivity index (χ2n) is 5.57. The van der Waals surface area contributed by atoms with E-state index in [0.717, 1.165) is 6.07 Å². The monoisotopic (exact) mass is 388 g/mol. The Balaban J connectivity index is 2.18. The van der Waals surface area contributed by atoms with E-state index >= 15 is 0 Å². The van der Waals surface area contributed by atoms with Gasteiger partial charge < -0.3 is 15.3 Å². The Morgan fingerprint density at radius 3 is 2.80 bits per heavy atom. The average Bonchev–Trinajstić information content (AvgIpc) is 3.05. The zero-order valence-corrected chi connectivity index (χ0v) is 15.1. The lowest BCUT2D eigenvalue weighted by atomic mass is 10.0. The molecule has 1 fully saturated rings. The van der Waals surface area contributed by atoms with Gasteiger partial charge >= 0.3 is 5.97 Å². The molecule has 1 aliphatic heterocycles. The van der Waals surface area contributed by atoms with Crippen LogP contribution in [0.4, 0.5) is 4.39 Å². The molecule has 1 aliphatic rings. The number of nitrogens with one attached hydrogen (secondary N) is 1. The summed E-state index contributed by atoms with van der Waals surface area (Å²) in [6.07, 6.45) is -0.125. The lowest BCUT2D eigenvalue weighted by Crippen LogP contribution is -2.48. The zero-order valence-electron chi connectivity index (χ0n) is 13.5. The summed E-state index contributed by atoms with van der Waals surface area (Å²) < 4.78 is 13.7. The lowest BCUT2D eigenvalue weighted by Gasteiger charge is -2.25. The van der Waals surface area contributed by atoms with E-state index in [1.807, 2.05) is 0 Å². The first kappa shape index (κ1) is 19.5. The Bertz CT molecular complexity index is 688. The predicted molar refractivity (Wildman–Crippen MR) is 92.8 cm³/mol. The first-order valence-corrected chi connectivity index (χ1v) is 9.21. The summed E-state index contributed by atoms with van der Waals surface area (Å²) in [7, 11) is 0. The molecule has 1 heterocycles. The van der Waals surface area contributed by atoms with Crippen LogP contribution in [0.5, 0.6) is 0 Å². The number of carboxylic acid groups (broad SMARTS) is 1. The fourth-order valence-corrected chi connectivity index (χ4v) is 3.83. The molecule has 2 amide bonds. The van der Waals surface area contributed by atoms with Gasteiger partial charge in [0.25, 0.3) is 0 Å². The Morgan fingerprint density at radius 2 is 2.20 bits per heavy atom. The highest BCUT2D eigenvalue weighted by molar-refractivity contribution is 7.99. The SMILES string of the molecule is CCC(=O)N1CSCC1C(=O)NC(CC(=O)O)c1ccc(Cl)c(F)c1. The smallest absolute Gasteiger partial charge is 0.305 e. The van der Waals surface area contributed by atoms with Gasteiger partial charge in [0.2, 0.25) is 11.8 Å². The molecule has 25 heavy (non-hydrogen) atoms. The van der Waals surface area contributed by atoms with Gasteiger partial charge in [0.15, 0.2) is 0 Å². The van der Waals surface area contributed by atoms with Crippen LogP contribution in [0.3, 0.4) is 0 Å².